The lowest BCUT2D eigenvalue weighted by molar-refractivity contribution is -0.0813. The highest BCUT2D eigenvalue weighted by Crippen LogP contribution is 2.34. The third kappa shape index (κ3) is 11.4. The zero-order valence-electron chi connectivity index (χ0n) is 27.5. The molecule has 4 rings (SSSR count). The van der Waals surface area contributed by atoms with E-state index in [4.69, 9.17) is 24.7 Å². The Hall–Kier alpha value is -4.35. The van der Waals surface area contributed by atoms with Crippen LogP contribution in [0.1, 0.15) is 55.2 Å². The molecule has 6 N–H and O–H groups in total. The predicted molar refractivity (Wildman–Crippen MR) is 177 cm³/mol. The number of pyridine rings is 2. The number of rotatable bonds is 8. The minimum absolute atomic E-state index is 0.0444. The molecule has 2 aromatic heterocycles. The van der Waals surface area contributed by atoms with Crippen LogP contribution in [0.25, 0.3) is 0 Å². The van der Waals surface area contributed by atoms with Gasteiger partial charge in [0.25, 0.3) is 5.91 Å². The van der Waals surface area contributed by atoms with Crippen molar-refractivity contribution >= 4 is 17.8 Å². The fourth-order valence-corrected chi connectivity index (χ4v) is 5.14. The first-order chi connectivity index (χ1) is 23.7. The number of ether oxygens (including phenoxy) is 4. The number of hydrogen-bond donors (Lipinski definition) is 5. The third-order valence-electron chi connectivity index (χ3n) is 7.60. The van der Waals surface area contributed by atoms with E-state index in [1.807, 2.05) is 4.90 Å². The summed E-state index contributed by atoms with van der Waals surface area (Å²) in [5, 5.41) is 25.1. The Morgan fingerprint density at radius 1 is 0.857 bits per heavy atom. The van der Waals surface area contributed by atoms with E-state index < -0.39 is 23.7 Å². The monoisotopic (exact) mass is 680 g/mol. The summed E-state index contributed by atoms with van der Waals surface area (Å²) in [6.07, 6.45) is -0.541. The van der Waals surface area contributed by atoms with Gasteiger partial charge in [0.05, 0.1) is 63.8 Å². The van der Waals surface area contributed by atoms with Gasteiger partial charge in [-0.3, -0.25) is 9.69 Å². The molecule has 0 spiro atoms. The molecule has 1 saturated heterocycles. The Bertz CT molecular complexity index is 1520. The Balaban J connectivity index is 1.65. The van der Waals surface area contributed by atoms with Crippen LogP contribution in [0, 0.1) is 0 Å². The normalized spacial score (nSPS) is 20.0. The second-order valence-electron chi connectivity index (χ2n) is 11.4. The van der Waals surface area contributed by atoms with Crippen LogP contribution in [-0.2, 0) is 31.1 Å². The van der Waals surface area contributed by atoms with Crippen molar-refractivity contribution < 1.29 is 43.5 Å². The number of nitrogens with zero attached hydrogens (tertiary/aromatic N) is 3. The van der Waals surface area contributed by atoms with Gasteiger partial charge in [-0.15, -0.1) is 0 Å². The van der Waals surface area contributed by atoms with Gasteiger partial charge in [0.15, 0.2) is 5.60 Å². The van der Waals surface area contributed by atoms with Crippen molar-refractivity contribution in [3.05, 3.63) is 94.6 Å². The predicted octanol–water partition coefficient (Wildman–Crippen LogP) is 1.32. The van der Waals surface area contributed by atoms with Gasteiger partial charge in [-0.2, -0.15) is 0 Å². The van der Waals surface area contributed by atoms with Gasteiger partial charge in [0.2, 0.25) is 0 Å². The van der Waals surface area contributed by atoms with Crippen LogP contribution in [0.15, 0.2) is 60.7 Å². The maximum absolute atomic E-state index is 12.6. The molecule has 3 heterocycles. The van der Waals surface area contributed by atoms with E-state index in [1.165, 1.54) is 12.1 Å². The number of hydrogen-bond acceptors (Lipinski definition) is 12. The first kappa shape index (κ1) is 37.5. The number of carbonyl (C=O) groups is 3. The first-order valence-corrected chi connectivity index (χ1v) is 16.1. The molecule has 1 amide bonds. The van der Waals surface area contributed by atoms with E-state index in [2.05, 4.69) is 20.6 Å². The molecule has 15 heteroatoms. The summed E-state index contributed by atoms with van der Waals surface area (Å²) >= 11 is 0. The highest BCUT2D eigenvalue weighted by Gasteiger charge is 2.38. The fraction of sp³-hybridized carbons (Fsp3) is 0.441. The summed E-state index contributed by atoms with van der Waals surface area (Å²) in [7, 11) is 0. The van der Waals surface area contributed by atoms with Crippen molar-refractivity contribution in [3.63, 3.8) is 0 Å². The molecule has 1 fully saturated rings. The van der Waals surface area contributed by atoms with Gasteiger partial charge in [-0.05, 0) is 48.9 Å². The van der Waals surface area contributed by atoms with Crippen LogP contribution in [0.2, 0.25) is 0 Å². The number of nitrogens with two attached hydrogens (primary N) is 1. The molecule has 1 aliphatic heterocycles. The van der Waals surface area contributed by atoms with Crippen LogP contribution >= 0.6 is 0 Å². The molecule has 1 aromatic carbocycles. The number of carboxylic acid groups (broad SMARTS) is 2. The molecule has 2 atom stereocenters. The number of carbonyl (C=O) groups excluding carboxylic acids is 1. The molecular weight excluding hydrogens is 636 g/mol. The lowest BCUT2D eigenvalue weighted by Crippen LogP contribution is -2.41. The average molecular weight is 681 g/mol. The van der Waals surface area contributed by atoms with Crippen molar-refractivity contribution in [2.24, 2.45) is 5.73 Å². The third-order valence-corrected chi connectivity index (χ3v) is 7.60. The maximum Gasteiger partial charge on any atom is 0.354 e. The van der Waals surface area contributed by atoms with Gasteiger partial charge in [0.1, 0.15) is 11.4 Å². The van der Waals surface area contributed by atoms with Crippen LogP contribution < -0.4 is 16.4 Å². The van der Waals surface area contributed by atoms with E-state index in [9.17, 15) is 24.6 Å². The van der Waals surface area contributed by atoms with Gasteiger partial charge in [-0.1, -0.05) is 24.3 Å². The minimum atomic E-state index is -1.36. The average Bonchev–Trinajstić information content (AvgIpc) is 3.09. The zero-order valence-corrected chi connectivity index (χ0v) is 27.5. The maximum atomic E-state index is 12.6. The molecule has 0 bridgehead atoms. The second kappa shape index (κ2) is 19.0. The quantitative estimate of drug-likeness (QED) is 0.213. The number of benzene rings is 1. The molecule has 1 aliphatic rings. The van der Waals surface area contributed by atoms with Crippen molar-refractivity contribution in [2.75, 3.05) is 72.4 Å². The van der Waals surface area contributed by atoms with E-state index >= 15 is 0 Å². The van der Waals surface area contributed by atoms with Gasteiger partial charge >= 0.3 is 11.9 Å². The van der Waals surface area contributed by atoms with E-state index in [0.29, 0.717) is 81.7 Å². The van der Waals surface area contributed by atoms with Crippen LogP contribution in [0.5, 0.6) is 0 Å². The van der Waals surface area contributed by atoms with Crippen LogP contribution in [0.4, 0.5) is 0 Å². The summed E-state index contributed by atoms with van der Waals surface area (Å²) in [5.74, 6) is -2.65. The van der Waals surface area contributed by atoms with Crippen molar-refractivity contribution in [1.29, 1.82) is 0 Å². The molecule has 2 unspecified atom stereocenters. The molecule has 49 heavy (non-hydrogen) atoms. The molecule has 0 radical (unpaired) electrons. The molecular formula is C34H44N6O9. The molecule has 0 saturated carbocycles. The van der Waals surface area contributed by atoms with E-state index in [-0.39, 0.29) is 37.1 Å². The summed E-state index contributed by atoms with van der Waals surface area (Å²) in [6, 6.07) is 16.3. The van der Waals surface area contributed by atoms with Crippen molar-refractivity contribution in [3.8, 4) is 0 Å². The van der Waals surface area contributed by atoms with Crippen molar-refractivity contribution in [2.45, 2.75) is 25.2 Å². The van der Waals surface area contributed by atoms with Gasteiger partial charge in [-0.25, -0.2) is 19.6 Å². The zero-order chi connectivity index (χ0) is 35.1. The summed E-state index contributed by atoms with van der Waals surface area (Å²) < 4.78 is 24.4. The Morgan fingerprint density at radius 3 is 2.18 bits per heavy atom. The highest BCUT2D eigenvalue weighted by molar-refractivity contribution is 5.94. The van der Waals surface area contributed by atoms with Gasteiger partial charge < -0.3 is 45.5 Å². The number of aromatic carboxylic acids is 2. The lowest BCUT2D eigenvalue weighted by atomic mass is 9.89. The smallest absolute Gasteiger partial charge is 0.354 e. The van der Waals surface area contributed by atoms with Crippen LogP contribution in [0.3, 0.4) is 0 Å². The Morgan fingerprint density at radius 2 is 1.49 bits per heavy atom. The van der Waals surface area contributed by atoms with Crippen LogP contribution in [-0.4, -0.2) is 122 Å². The summed E-state index contributed by atoms with van der Waals surface area (Å²) in [6.45, 7) is 6.07. The number of carboxylic acids is 2. The molecule has 264 valence electrons. The largest absolute Gasteiger partial charge is 0.477 e. The first-order valence-electron chi connectivity index (χ1n) is 16.1. The topological polar surface area (TPSA) is 208 Å². The number of aromatic nitrogens is 2. The lowest BCUT2D eigenvalue weighted by Gasteiger charge is -2.34. The minimum Gasteiger partial charge on any atom is -0.477 e. The summed E-state index contributed by atoms with van der Waals surface area (Å²) in [4.78, 5) is 46.9. The van der Waals surface area contributed by atoms with Gasteiger partial charge in [0, 0.05) is 38.3 Å². The Labute approximate surface area is 284 Å². The van der Waals surface area contributed by atoms with Crippen molar-refractivity contribution in [1.82, 2.24) is 25.5 Å². The second-order valence-corrected chi connectivity index (χ2v) is 11.4. The van der Waals surface area contributed by atoms with E-state index in [1.54, 1.807) is 55.5 Å². The fourth-order valence-electron chi connectivity index (χ4n) is 5.14. The van der Waals surface area contributed by atoms with E-state index in [0.717, 1.165) is 0 Å². The molecule has 3 aromatic rings. The highest BCUT2D eigenvalue weighted by atomic mass is 16.5. The molecule has 15 nitrogen and oxygen atoms in total. The molecule has 0 aliphatic carbocycles. The number of nitrogens with one attached hydrogen (secondary N) is 2. The summed E-state index contributed by atoms with van der Waals surface area (Å²) in [5.41, 5.74) is 6.05. The SMILES string of the molecule is CC(N)NC(=O)c1ccc(C2(c3cccc(C(=O)O)n3)COCCN(Cc3cccc(C(=O)O)n3)CCOCCOCCNCCO2)cc1. The Kier molecular flexibility index (Phi) is 14.5. The standard InChI is InChI=1S/C34H44N6O9/c1-24(35)37-31(41)25-8-10-26(11-9-25)34(30-7-3-6-29(39-30)33(44)45)23-48-19-15-40(22-27-4-2-5-28(38-27)32(42)43)14-18-47-21-20-46-16-12-36-13-17-49-34/h2-11,24,36H,12-23,35H2,1H3,(H,37,41)(H,42,43)(H,44,45). The number of amides is 1.